The molecule has 1 aromatic heterocycles. The molecule has 1 heterocycles. The van der Waals surface area contributed by atoms with Crippen LogP contribution in [0.25, 0.3) is 11.0 Å². The maximum Gasteiger partial charge on any atom is 0.303 e. The minimum Gasteiger partial charge on any atom is -0.481 e. The highest BCUT2D eigenvalue weighted by atomic mass is 35.5. The molecule has 4 fully saturated rings. The van der Waals surface area contributed by atoms with Gasteiger partial charge in [0.2, 0.25) is 10.0 Å². The van der Waals surface area contributed by atoms with Crippen LogP contribution in [-0.4, -0.2) is 35.8 Å². The van der Waals surface area contributed by atoms with Crippen molar-refractivity contribution in [2.75, 3.05) is 0 Å². The van der Waals surface area contributed by atoms with Gasteiger partial charge in [0.05, 0.1) is 5.02 Å². The maximum absolute atomic E-state index is 13.5. The van der Waals surface area contributed by atoms with E-state index in [9.17, 15) is 18.3 Å². The van der Waals surface area contributed by atoms with Crippen molar-refractivity contribution in [2.24, 2.45) is 46.3 Å². The average molecular weight is 592 g/mol. The topological polar surface area (TPSA) is 122 Å². The Labute approximate surface area is 242 Å². The van der Waals surface area contributed by atoms with E-state index in [-0.39, 0.29) is 33.3 Å². The lowest BCUT2D eigenvalue weighted by molar-refractivity contribution is -0.137. The molecule has 40 heavy (non-hydrogen) atoms. The van der Waals surface area contributed by atoms with E-state index < -0.39 is 16.0 Å². The molecule has 4 saturated carbocycles. The first kappa shape index (κ1) is 28.4. The van der Waals surface area contributed by atoms with Crippen LogP contribution < -0.4 is 4.72 Å². The Hall–Kier alpha value is -1.71. The summed E-state index contributed by atoms with van der Waals surface area (Å²) in [5.41, 5.74) is 1.07. The molecule has 220 valence electrons. The van der Waals surface area contributed by atoms with Gasteiger partial charge in [-0.15, -0.1) is 0 Å². The Bertz CT molecular complexity index is 1400. The molecule has 0 aliphatic heterocycles. The number of carboxylic acid groups (broad SMARTS) is 1. The zero-order valence-electron chi connectivity index (χ0n) is 23.7. The first-order valence-corrected chi connectivity index (χ1v) is 16.9. The summed E-state index contributed by atoms with van der Waals surface area (Å²) in [7, 11) is -3.89. The number of hydrogen-bond donors (Lipinski definition) is 2. The van der Waals surface area contributed by atoms with Gasteiger partial charge in [0, 0.05) is 12.5 Å². The molecule has 4 aliphatic rings. The average Bonchev–Trinajstić information content (AvgIpc) is 3.51. The number of rotatable bonds is 7. The number of sulfonamides is 1. The van der Waals surface area contributed by atoms with E-state index in [0.29, 0.717) is 34.6 Å². The second kappa shape index (κ2) is 10.2. The van der Waals surface area contributed by atoms with Crippen LogP contribution in [0.4, 0.5) is 0 Å². The fraction of sp³-hybridized carbons (Fsp3) is 0.767. The van der Waals surface area contributed by atoms with Gasteiger partial charge in [0.25, 0.3) is 0 Å². The van der Waals surface area contributed by atoms with Gasteiger partial charge < -0.3 is 5.11 Å². The first-order chi connectivity index (χ1) is 18.9. The highest BCUT2D eigenvalue weighted by molar-refractivity contribution is 7.89. The predicted molar refractivity (Wildman–Crippen MR) is 152 cm³/mol. The van der Waals surface area contributed by atoms with Crippen LogP contribution in [-0.2, 0) is 14.8 Å². The second-order valence-electron chi connectivity index (χ2n) is 13.9. The second-order valence-corrected chi connectivity index (χ2v) is 16.0. The summed E-state index contributed by atoms with van der Waals surface area (Å²) in [6, 6.07) is 3.00. The van der Waals surface area contributed by atoms with E-state index in [1.165, 1.54) is 38.2 Å². The van der Waals surface area contributed by atoms with Crippen LogP contribution in [0.15, 0.2) is 21.7 Å². The molecule has 6 rings (SSSR count). The lowest BCUT2D eigenvalue weighted by Gasteiger charge is -2.61. The van der Waals surface area contributed by atoms with Gasteiger partial charge in [-0.3, -0.25) is 4.79 Å². The summed E-state index contributed by atoms with van der Waals surface area (Å²) in [6.45, 7) is 7.28. The number of nitrogens with one attached hydrogen (secondary N) is 1. The molecule has 0 bridgehead atoms. The summed E-state index contributed by atoms with van der Waals surface area (Å²) in [5, 5.41) is 16.9. The van der Waals surface area contributed by atoms with Gasteiger partial charge in [-0.1, -0.05) is 32.4 Å². The molecule has 8 nitrogen and oxygen atoms in total. The molecule has 1 aromatic carbocycles. The van der Waals surface area contributed by atoms with E-state index >= 15 is 0 Å². The van der Waals surface area contributed by atoms with Crippen molar-refractivity contribution in [2.45, 2.75) is 102 Å². The summed E-state index contributed by atoms with van der Waals surface area (Å²) in [6.07, 6.45) is 11.1. The molecule has 2 aromatic rings. The lowest BCUT2D eigenvalue weighted by atomic mass is 9.44. The zero-order valence-corrected chi connectivity index (χ0v) is 25.3. The van der Waals surface area contributed by atoms with Crippen molar-refractivity contribution in [1.29, 1.82) is 0 Å². The van der Waals surface area contributed by atoms with Crippen molar-refractivity contribution >= 4 is 38.6 Å². The van der Waals surface area contributed by atoms with Crippen LogP contribution in [0, 0.1) is 46.3 Å². The number of carboxylic acids is 1. The van der Waals surface area contributed by atoms with Crippen LogP contribution in [0.1, 0.15) is 91.4 Å². The molecule has 0 spiro atoms. The predicted octanol–water partition coefficient (Wildman–Crippen LogP) is 6.68. The van der Waals surface area contributed by atoms with Crippen molar-refractivity contribution < 1.29 is 22.9 Å². The highest BCUT2D eigenvalue weighted by Crippen LogP contribution is 2.68. The van der Waals surface area contributed by atoms with E-state index in [4.69, 9.17) is 16.2 Å². The van der Waals surface area contributed by atoms with Gasteiger partial charge >= 0.3 is 5.97 Å². The number of nitrogens with zero attached hydrogens (tertiary/aromatic N) is 2. The van der Waals surface area contributed by atoms with Crippen molar-refractivity contribution in [1.82, 2.24) is 15.0 Å². The van der Waals surface area contributed by atoms with Gasteiger partial charge in [-0.25, -0.2) is 17.8 Å². The quantitative estimate of drug-likeness (QED) is 0.368. The molecule has 4 unspecified atom stereocenters. The normalized spacial score (nSPS) is 38.4. The number of fused-ring (bicyclic) bond motifs is 6. The SMILES string of the molecule is C[C@H](CCC(=O)O)C1CCC2C3CC[C@@H]4C[C@H](NS(=O)(=O)c5c(Cl)ccc6nonc56)CC[C@]4(C)C3CC[C@@]21C. The first-order valence-electron chi connectivity index (χ1n) is 15.1. The maximum atomic E-state index is 13.5. The summed E-state index contributed by atoms with van der Waals surface area (Å²) in [4.78, 5) is 11.2. The van der Waals surface area contributed by atoms with Crippen LogP contribution in [0.2, 0.25) is 5.02 Å². The summed E-state index contributed by atoms with van der Waals surface area (Å²) >= 11 is 6.33. The minimum absolute atomic E-state index is 0.0510. The molecule has 0 saturated heterocycles. The molecular formula is C30H42ClN3O5S. The zero-order chi connectivity index (χ0) is 28.4. The number of aliphatic carboxylic acids is 1. The summed E-state index contributed by atoms with van der Waals surface area (Å²) < 4.78 is 34.7. The molecule has 4 aliphatic carbocycles. The molecule has 10 heteroatoms. The monoisotopic (exact) mass is 591 g/mol. The van der Waals surface area contributed by atoms with E-state index in [2.05, 4.69) is 35.8 Å². The Kier molecular flexibility index (Phi) is 7.27. The number of aromatic nitrogens is 2. The van der Waals surface area contributed by atoms with Crippen molar-refractivity contribution in [3.8, 4) is 0 Å². The smallest absolute Gasteiger partial charge is 0.303 e. The number of hydrogen-bond acceptors (Lipinski definition) is 6. The fourth-order valence-corrected chi connectivity index (χ4v) is 12.2. The Morgan fingerprint density at radius 1 is 1.10 bits per heavy atom. The Balaban J connectivity index is 1.16. The number of carbonyl (C=O) groups is 1. The Morgan fingerprint density at radius 3 is 2.62 bits per heavy atom. The largest absolute Gasteiger partial charge is 0.481 e. The third-order valence-corrected chi connectivity index (χ3v) is 14.2. The Morgan fingerprint density at radius 2 is 1.85 bits per heavy atom. The van der Waals surface area contributed by atoms with Crippen molar-refractivity contribution in [3.05, 3.63) is 17.2 Å². The molecule has 2 N–H and O–H groups in total. The van der Waals surface area contributed by atoms with E-state index in [1.807, 2.05) is 0 Å². The molecular weight excluding hydrogens is 550 g/mol. The fourth-order valence-electron chi connectivity index (χ4n) is 10.2. The van der Waals surface area contributed by atoms with Crippen LogP contribution in [0.5, 0.6) is 0 Å². The highest BCUT2D eigenvalue weighted by Gasteiger charge is 2.60. The lowest BCUT2D eigenvalue weighted by Crippen LogP contribution is -2.55. The number of benzene rings is 1. The van der Waals surface area contributed by atoms with E-state index in [1.54, 1.807) is 6.07 Å². The minimum atomic E-state index is -3.89. The standard InChI is InChI=1S/C30H42ClN3O5S/c1-17(4-11-26(35)36)21-7-8-22-20-6-5-18-16-19(12-14-29(18,2)23(20)13-15-30(21,22)3)34-40(37,38)28-24(31)9-10-25-27(28)33-39-32-25/h9-10,17-23,34H,4-8,11-16H2,1-3H3,(H,35,36)/t17-,18-,19-,20?,21?,22?,23?,29+,30-/m1/s1. The third-order valence-electron chi connectivity index (χ3n) is 12.2. The van der Waals surface area contributed by atoms with Gasteiger partial charge in [-0.2, -0.15) is 0 Å². The van der Waals surface area contributed by atoms with Crippen molar-refractivity contribution in [3.63, 3.8) is 0 Å². The van der Waals surface area contributed by atoms with Gasteiger partial charge in [-0.05, 0) is 133 Å². The van der Waals surface area contributed by atoms with E-state index in [0.717, 1.165) is 43.9 Å². The van der Waals surface area contributed by atoms with Gasteiger partial charge in [0.1, 0.15) is 10.4 Å². The summed E-state index contributed by atoms with van der Waals surface area (Å²) in [5.74, 6) is 2.99. The van der Waals surface area contributed by atoms with Crippen LogP contribution >= 0.6 is 11.6 Å². The van der Waals surface area contributed by atoms with Gasteiger partial charge in [0.15, 0.2) is 5.52 Å². The third kappa shape index (κ3) is 4.58. The molecule has 0 amide bonds. The molecule has 9 atom stereocenters. The van der Waals surface area contributed by atoms with Crippen LogP contribution in [0.3, 0.4) is 0 Å². The molecule has 0 radical (unpaired) electrons. The number of halogens is 1.